The molecule has 3 nitrogen and oxygen atoms in total. The van der Waals surface area contributed by atoms with Crippen LogP contribution in [0.4, 0.5) is 0 Å². The van der Waals surface area contributed by atoms with Crippen molar-refractivity contribution in [1.29, 1.82) is 0 Å². The molecule has 1 saturated heterocycles. The van der Waals surface area contributed by atoms with Gasteiger partial charge in [-0.3, -0.25) is 4.79 Å². The summed E-state index contributed by atoms with van der Waals surface area (Å²) in [7, 11) is 0. The van der Waals surface area contributed by atoms with Gasteiger partial charge in [0.2, 0.25) is 5.91 Å². The average molecular weight is 422 g/mol. The van der Waals surface area contributed by atoms with Crippen LogP contribution in [0.2, 0.25) is 0 Å². The van der Waals surface area contributed by atoms with Gasteiger partial charge in [0, 0.05) is 34.6 Å². The molecule has 0 saturated carbocycles. The number of likely N-dealkylation sites (tertiary alicyclic amines) is 1. The number of benzene rings is 1. The molecule has 1 aromatic rings. The topological polar surface area (TPSA) is 32.3 Å². The smallest absolute Gasteiger partial charge is 0.223 e. The molecule has 1 aliphatic heterocycles. The van der Waals surface area contributed by atoms with E-state index >= 15 is 0 Å². The van der Waals surface area contributed by atoms with E-state index in [2.05, 4.69) is 40.3 Å². The third kappa shape index (κ3) is 7.46. The summed E-state index contributed by atoms with van der Waals surface area (Å²) < 4.78 is 1.09. The minimum Gasteiger partial charge on any atom is -0.343 e. The van der Waals surface area contributed by atoms with E-state index in [1.54, 1.807) is 11.8 Å². The van der Waals surface area contributed by atoms with Crippen LogP contribution in [0.15, 0.2) is 33.6 Å². The van der Waals surface area contributed by atoms with Gasteiger partial charge in [-0.2, -0.15) is 0 Å². The highest BCUT2D eigenvalue weighted by Crippen LogP contribution is 2.22. The van der Waals surface area contributed by atoms with Gasteiger partial charge in [0.05, 0.1) is 0 Å². The van der Waals surface area contributed by atoms with Crippen LogP contribution in [0.25, 0.3) is 0 Å². The lowest BCUT2D eigenvalue weighted by atomic mass is 9.96. The summed E-state index contributed by atoms with van der Waals surface area (Å²) in [6.45, 7) is 6.13. The average Bonchev–Trinajstić information content (AvgIpc) is 2.55. The number of carbonyl (C=O) groups excluding carboxylic acids is 1. The first kappa shape index (κ1) is 20.8. The van der Waals surface area contributed by atoms with E-state index in [1.807, 2.05) is 17.0 Å². The van der Waals surface area contributed by atoms with Crippen LogP contribution in [-0.4, -0.2) is 42.7 Å². The van der Waals surface area contributed by atoms with Gasteiger partial charge in [-0.15, -0.1) is 24.2 Å². The second kappa shape index (κ2) is 11.3. The van der Waals surface area contributed by atoms with Crippen LogP contribution in [-0.2, 0) is 4.79 Å². The Morgan fingerprint density at radius 3 is 2.57 bits per heavy atom. The Bertz CT molecular complexity index is 464. The van der Waals surface area contributed by atoms with Crippen LogP contribution < -0.4 is 5.32 Å². The minimum absolute atomic E-state index is 0. The van der Waals surface area contributed by atoms with E-state index < -0.39 is 0 Å². The number of hydrogen-bond donors (Lipinski definition) is 1. The Morgan fingerprint density at radius 2 is 1.96 bits per heavy atom. The van der Waals surface area contributed by atoms with Crippen LogP contribution in [0.3, 0.4) is 0 Å². The van der Waals surface area contributed by atoms with Crippen LogP contribution in [0, 0.1) is 5.92 Å². The van der Waals surface area contributed by atoms with E-state index in [4.69, 9.17) is 0 Å². The molecule has 1 heterocycles. The van der Waals surface area contributed by atoms with Gasteiger partial charge in [0.15, 0.2) is 0 Å². The molecule has 1 fully saturated rings. The molecule has 1 amide bonds. The maximum atomic E-state index is 12.3. The number of nitrogens with zero attached hydrogens (tertiary/aromatic N) is 1. The Kier molecular flexibility index (Phi) is 10.3. The first-order chi connectivity index (χ1) is 10.7. The fourth-order valence-electron chi connectivity index (χ4n) is 2.68. The number of hydrogen-bond acceptors (Lipinski definition) is 3. The van der Waals surface area contributed by atoms with E-state index in [9.17, 15) is 4.79 Å². The fraction of sp³-hybridized carbons (Fsp3) is 0.588. The molecular weight excluding hydrogens is 396 g/mol. The summed E-state index contributed by atoms with van der Waals surface area (Å²) in [5.74, 6) is 1.91. The van der Waals surface area contributed by atoms with Gasteiger partial charge in [-0.1, -0.05) is 22.9 Å². The maximum Gasteiger partial charge on any atom is 0.223 e. The van der Waals surface area contributed by atoms with Crippen LogP contribution in [0.5, 0.6) is 0 Å². The summed E-state index contributed by atoms with van der Waals surface area (Å²) in [5, 5.41) is 3.41. The number of halogens is 2. The van der Waals surface area contributed by atoms with Crippen molar-refractivity contribution >= 4 is 46.0 Å². The Hall–Kier alpha value is -0.230. The van der Waals surface area contributed by atoms with Crippen molar-refractivity contribution in [1.82, 2.24) is 10.2 Å². The van der Waals surface area contributed by atoms with Crippen molar-refractivity contribution in [2.45, 2.75) is 31.1 Å². The molecule has 1 aromatic carbocycles. The van der Waals surface area contributed by atoms with E-state index in [0.717, 1.165) is 55.2 Å². The molecule has 23 heavy (non-hydrogen) atoms. The minimum atomic E-state index is 0. The third-order valence-corrected chi connectivity index (χ3v) is 5.59. The van der Waals surface area contributed by atoms with Crippen molar-refractivity contribution < 1.29 is 4.79 Å². The summed E-state index contributed by atoms with van der Waals surface area (Å²) in [4.78, 5) is 15.5. The van der Waals surface area contributed by atoms with E-state index in [-0.39, 0.29) is 12.4 Å². The molecule has 0 aliphatic carbocycles. The van der Waals surface area contributed by atoms with Gasteiger partial charge in [-0.05, 0) is 56.1 Å². The second-order valence-electron chi connectivity index (χ2n) is 5.68. The highest BCUT2D eigenvalue weighted by molar-refractivity contribution is 9.10. The molecule has 0 unspecified atom stereocenters. The quantitative estimate of drug-likeness (QED) is 0.670. The zero-order valence-corrected chi connectivity index (χ0v) is 16.8. The van der Waals surface area contributed by atoms with Crippen molar-refractivity contribution in [3.8, 4) is 0 Å². The van der Waals surface area contributed by atoms with E-state index in [0.29, 0.717) is 12.3 Å². The lowest BCUT2D eigenvalue weighted by Crippen LogP contribution is -2.40. The molecule has 0 spiro atoms. The van der Waals surface area contributed by atoms with Crippen molar-refractivity contribution in [3.05, 3.63) is 28.7 Å². The number of carbonyl (C=O) groups is 1. The van der Waals surface area contributed by atoms with Crippen LogP contribution >= 0.6 is 40.1 Å². The maximum absolute atomic E-state index is 12.3. The van der Waals surface area contributed by atoms with Crippen LogP contribution in [0.1, 0.15) is 26.2 Å². The molecular formula is C17H26BrClN2OS. The highest BCUT2D eigenvalue weighted by atomic mass is 79.9. The Labute approximate surface area is 158 Å². The normalized spacial score (nSPS) is 15.3. The first-order valence-electron chi connectivity index (χ1n) is 8.06. The molecule has 130 valence electrons. The zero-order chi connectivity index (χ0) is 15.8. The van der Waals surface area contributed by atoms with Crippen molar-refractivity contribution in [2.24, 2.45) is 5.92 Å². The zero-order valence-electron chi connectivity index (χ0n) is 13.6. The van der Waals surface area contributed by atoms with E-state index in [1.165, 1.54) is 4.90 Å². The van der Waals surface area contributed by atoms with Gasteiger partial charge >= 0.3 is 0 Å². The summed E-state index contributed by atoms with van der Waals surface area (Å²) >= 11 is 5.19. The SMILES string of the molecule is CCNCC1CCN(C(=O)CCSc2ccc(Br)cc2)CC1.Cl. The largest absolute Gasteiger partial charge is 0.343 e. The molecule has 6 heteroatoms. The van der Waals surface area contributed by atoms with Gasteiger partial charge in [0.1, 0.15) is 0 Å². The molecule has 0 radical (unpaired) electrons. The predicted molar refractivity (Wildman–Crippen MR) is 105 cm³/mol. The molecule has 0 aromatic heterocycles. The fourth-order valence-corrected chi connectivity index (χ4v) is 3.79. The summed E-state index contributed by atoms with van der Waals surface area (Å²) in [6, 6.07) is 8.26. The lowest BCUT2D eigenvalue weighted by molar-refractivity contribution is -0.132. The first-order valence-corrected chi connectivity index (χ1v) is 9.83. The van der Waals surface area contributed by atoms with Gasteiger partial charge in [0.25, 0.3) is 0 Å². The summed E-state index contributed by atoms with van der Waals surface area (Å²) in [6.07, 6.45) is 2.91. The molecule has 2 rings (SSSR count). The number of thioether (sulfide) groups is 1. The number of piperidine rings is 1. The second-order valence-corrected chi connectivity index (χ2v) is 7.77. The summed E-state index contributed by atoms with van der Waals surface area (Å²) in [5.41, 5.74) is 0. The number of amides is 1. The number of nitrogens with one attached hydrogen (secondary N) is 1. The molecule has 1 N–H and O–H groups in total. The molecule has 1 aliphatic rings. The lowest BCUT2D eigenvalue weighted by Gasteiger charge is -2.32. The van der Waals surface area contributed by atoms with Gasteiger partial charge in [-0.25, -0.2) is 0 Å². The predicted octanol–water partition coefficient (Wildman–Crippen LogP) is 4.20. The van der Waals surface area contributed by atoms with Gasteiger partial charge < -0.3 is 10.2 Å². The standard InChI is InChI=1S/C17H25BrN2OS.ClH/c1-2-19-13-14-7-10-20(11-8-14)17(21)9-12-22-16-5-3-15(18)4-6-16;/h3-6,14,19H,2,7-13H2,1H3;1H. The van der Waals surface area contributed by atoms with Crippen molar-refractivity contribution in [2.75, 3.05) is 31.9 Å². The molecule has 0 bridgehead atoms. The Balaban J connectivity index is 0.00000264. The highest BCUT2D eigenvalue weighted by Gasteiger charge is 2.21. The Morgan fingerprint density at radius 1 is 1.30 bits per heavy atom. The van der Waals surface area contributed by atoms with Crippen molar-refractivity contribution in [3.63, 3.8) is 0 Å². The third-order valence-electron chi connectivity index (χ3n) is 4.05. The molecule has 0 atom stereocenters. The number of rotatable bonds is 7. The monoisotopic (exact) mass is 420 g/mol.